The lowest BCUT2D eigenvalue weighted by molar-refractivity contribution is 0.304. The van der Waals surface area contributed by atoms with E-state index in [1.807, 2.05) is 11.8 Å². The van der Waals surface area contributed by atoms with Crippen molar-refractivity contribution in [1.82, 2.24) is 4.90 Å². The van der Waals surface area contributed by atoms with Gasteiger partial charge in [0.25, 0.3) is 0 Å². The SMILES string of the molecule is CCN(CCCF)CC(N)=S. The van der Waals surface area contributed by atoms with Crippen molar-refractivity contribution in [2.45, 2.75) is 13.3 Å². The van der Waals surface area contributed by atoms with E-state index >= 15 is 0 Å². The highest BCUT2D eigenvalue weighted by Gasteiger charge is 2.01. The Morgan fingerprint density at radius 1 is 1.64 bits per heavy atom. The maximum absolute atomic E-state index is 11.7. The minimum absolute atomic E-state index is 0.270. The summed E-state index contributed by atoms with van der Waals surface area (Å²) in [5.41, 5.74) is 5.34. The summed E-state index contributed by atoms with van der Waals surface area (Å²) in [6.45, 7) is 3.96. The van der Waals surface area contributed by atoms with Crippen LogP contribution in [-0.4, -0.2) is 36.2 Å². The number of alkyl halides is 1. The Balaban J connectivity index is 3.49. The zero-order chi connectivity index (χ0) is 8.69. The van der Waals surface area contributed by atoms with Gasteiger partial charge in [-0.25, -0.2) is 0 Å². The third-order valence-electron chi connectivity index (χ3n) is 1.43. The van der Waals surface area contributed by atoms with Crippen LogP contribution < -0.4 is 5.73 Å². The van der Waals surface area contributed by atoms with Crippen LogP contribution in [0, 0.1) is 0 Å². The van der Waals surface area contributed by atoms with Crippen LogP contribution in [0.1, 0.15) is 13.3 Å². The molecule has 0 aliphatic carbocycles. The second-order valence-corrected chi connectivity index (χ2v) is 2.90. The Morgan fingerprint density at radius 2 is 2.27 bits per heavy atom. The molecule has 0 unspecified atom stereocenters. The number of nitrogens with zero attached hydrogens (tertiary/aromatic N) is 1. The topological polar surface area (TPSA) is 29.3 Å². The molecule has 0 radical (unpaired) electrons. The molecule has 0 bridgehead atoms. The van der Waals surface area contributed by atoms with E-state index in [0.29, 0.717) is 18.0 Å². The maximum Gasteiger partial charge on any atom is 0.0906 e. The first kappa shape index (κ1) is 10.8. The lowest BCUT2D eigenvalue weighted by atomic mass is 10.4. The quantitative estimate of drug-likeness (QED) is 0.614. The number of thiocarbonyl (C=S) groups is 1. The molecule has 0 aromatic carbocycles. The molecule has 0 aromatic rings. The van der Waals surface area contributed by atoms with Gasteiger partial charge in [-0.3, -0.25) is 9.29 Å². The van der Waals surface area contributed by atoms with E-state index in [9.17, 15) is 4.39 Å². The first-order valence-electron chi connectivity index (χ1n) is 3.77. The molecule has 0 spiro atoms. The lowest BCUT2D eigenvalue weighted by Crippen LogP contribution is -2.33. The average molecular weight is 178 g/mol. The second-order valence-electron chi connectivity index (χ2n) is 2.38. The largest absolute Gasteiger partial charge is 0.392 e. The van der Waals surface area contributed by atoms with Crippen LogP contribution in [0.4, 0.5) is 4.39 Å². The van der Waals surface area contributed by atoms with Crippen LogP contribution in [0.5, 0.6) is 0 Å². The van der Waals surface area contributed by atoms with Crippen LogP contribution in [0.25, 0.3) is 0 Å². The highest BCUT2D eigenvalue weighted by atomic mass is 32.1. The Morgan fingerprint density at radius 3 is 2.64 bits per heavy atom. The molecule has 0 aliphatic heterocycles. The van der Waals surface area contributed by atoms with E-state index in [1.54, 1.807) is 0 Å². The number of halogens is 1. The van der Waals surface area contributed by atoms with E-state index in [0.717, 1.165) is 13.1 Å². The monoisotopic (exact) mass is 178 g/mol. The number of likely N-dealkylation sites (N-methyl/N-ethyl adjacent to an activating group) is 1. The zero-order valence-electron chi connectivity index (χ0n) is 6.85. The summed E-state index contributed by atoms with van der Waals surface area (Å²) in [5.74, 6) is 0. The number of nitrogens with two attached hydrogens (primary N) is 1. The molecule has 0 heterocycles. The third-order valence-corrected chi connectivity index (χ3v) is 1.56. The van der Waals surface area contributed by atoms with Gasteiger partial charge in [-0.05, 0) is 13.0 Å². The Hall–Kier alpha value is -0.220. The molecule has 0 fully saturated rings. The summed E-state index contributed by atoms with van der Waals surface area (Å²) < 4.78 is 11.7. The summed E-state index contributed by atoms with van der Waals surface area (Å²) in [6.07, 6.45) is 0.566. The third kappa shape index (κ3) is 6.19. The van der Waals surface area contributed by atoms with E-state index < -0.39 is 0 Å². The zero-order valence-corrected chi connectivity index (χ0v) is 7.66. The molecule has 0 atom stereocenters. The molecule has 4 heteroatoms. The molecule has 66 valence electrons. The van der Waals surface area contributed by atoms with E-state index in [-0.39, 0.29) is 6.67 Å². The molecule has 0 aromatic heterocycles. The fraction of sp³-hybridized carbons (Fsp3) is 0.857. The van der Waals surface area contributed by atoms with Crippen LogP contribution in [0.3, 0.4) is 0 Å². The van der Waals surface area contributed by atoms with Gasteiger partial charge in [-0.15, -0.1) is 0 Å². The van der Waals surface area contributed by atoms with Gasteiger partial charge in [-0.1, -0.05) is 19.1 Å². The molecule has 0 rings (SSSR count). The number of hydrogen-bond acceptors (Lipinski definition) is 2. The van der Waals surface area contributed by atoms with Crippen LogP contribution in [0.2, 0.25) is 0 Å². The molecule has 0 saturated heterocycles. The average Bonchev–Trinajstić information content (AvgIpc) is 1.97. The maximum atomic E-state index is 11.7. The summed E-state index contributed by atoms with van der Waals surface area (Å²) >= 11 is 4.73. The van der Waals surface area contributed by atoms with E-state index in [4.69, 9.17) is 18.0 Å². The van der Waals surface area contributed by atoms with E-state index in [2.05, 4.69) is 0 Å². The summed E-state index contributed by atoms with van der Waals surface area (Å²) in [6, 6.07) is 0. The summed E-state index contributed by atoms with van der Waals surface area (Å²) in [7, 11) is 0. The molecule has 11 heavy (non-hydrogen) atoms. The van der Waals surface area contributed by atoms with Crippen molar-refractivity contribution in [3.63, 3.8) is 0 Å². The van der Waals surface area contributed by atoms with Crippen LogP contribution >= 0.6 is 12.2 Å². The fourth-order valence-corrected chi connectivity index (χ4v) is 1.04. The van der Waals surface area contributed by atoms with Crippen molar-refractivity contribution >= 4 is 17.2 Å². The van der Waals surface area contributed by atoms with Crippen LogP contribution in [-0.2, 0) is 0 Å². The van der Waals surface area contributed by atoms with Gasteiger partial charge < -0.3 is 5.73 Å². The second kappa shape index (κ2) is 6.49. The minimum Gasteiger partial charge on any atom is -0.392 e. The fourth-order valence-electron chi connectivity index (χ4n) is 0.853. The molecular weight excluding hydrogens is 163 g/mol. The van der Waals surface area contributed by atoms with Crippen molar-refractivity contribution in [3.8, 4) is 0 Å². The van der Waals surface area contributed by atoms with Gasteiger partial charge in [0.2, 0.25) is 0 Å². The van der Waals surface area contributed by atoms with Crippen LogP contribution in [0.15, 0.2) is 0 Å². The highest BCUT2D eigenvalue weighted by molar-refractivity contribution is 7.80. The standard InChI is InChI=1S/C7H15FN2S/c1-2-10(5-3-4-8)6-7(9)11/h2-6H2,1H3,(H2,9,11). The predicted octanol–water partition coefficient (Wildman–Crippen LogP) is 0.954. The predicted molar refractivity (Wildman–Crippen MR) is 49.5 cm³/mol. The molecule has 0 aliphatic rings. The van der Waals surface area contributed by atoms with Crippen molar-refractivity contribution in [2.24, 2.45) is 5.73 Å². The van der Waals surface area contributed by atoms with Gasteiger partial charge in [0, 0.05) is 13.1 Å². The smallest absolute Gasteiger partial charge is 0.0906 e. The molecule has 0 saturated carbocycles. The normalized spacial score (nSPS) is 10.5. The van der Waals surface area contributed by atoms with Crippen molar-refractivity contribution in [1.29, 1.82) is 0 Å². The number of hydrogen-bond donors (Lipinski definition) is 1. The van der Waals surface area contributed by atoms with Crippen molar-refractivity contribution in [3.05, 3.63) is 0 Å². The summed E-state index contributed by atoms with van der Waals surface area (Å²) in [4.78, 5) is 2.51. The Bertz CT molecular complexity index is 119. The first-order valence-corrected chi connectivity index (χ1v) is 4.18. The molecule has 0 amide bonds. The summed E-state index contributed by atoms with van der Waals surface area (Å²) in [5, 5.41) is 0. The molecule has 2 N–H and O–H groups in total. The first-order chi connectivity index (χ1) is 5.20. The minimum atomic E-state index is -0.270. The number of rotatable bonds is 6. The van der Waals surface area contributed by atoms with Crippen molar-refractivity contribution < 1.29 is 4.39 Å². The van der Waals surface area contributed by atoms with Gasteiger partial charge in [-0.2, -0.15) is 0 Å². The van der Waals surface area contributed by atoms with Gasteiger partial charge in [0.1, 0.15) is 0 Å². The van der Waals surface area contributed by atoms with Crippen molar-refractivity contribution in [2.75, 3.05) is 26.3 Å². The van der Waals surface area contributed by atoms with Gasteiger partial charge in [0.15, 0.2) is 0 Å². The lowest BCUT2D eigenvalue weighted by Gasteiger charge is -2.18. The highest BCUT2D eigenvalue weighted by Crippen LogP contribution is 1.91. The molecular formula is C7H15FN2S. The van der Waals surface area contributed by atoms with E-state index in [1.165, 1.54) is 0 Å². The Labute approximate surface area is 72.6 Å². The van der Waals surface area contributed by atoms with Gasteiger partial charge in [0.05, 0.1) is 11.7 Å². The van der Waals surface area contributed by atoms with Gasteiger partial charge >= 0.3 is 0 Å². The molecule has 2 nitrogen and oxygen atoms in total. The Kier molecular flexibility index (Phi) is 6.36.